The molecule has 2 amide bonds. The number of carbonyl (C=O) groups excluding carboxylic acids is 1. The van der Waals surface area contributed by atoms with E-state index in [0.29, 0.717) is 6.54 Å². The van der Waals surface area contributed by atoms with Crippen molar-refractivity contribution in [3.8, 4) is 5.75 Å². The Kier molecular flexibility index (Phi) is 6.66. The van der Waals surface area contributed by atoms with Gasteiger partial charge in [-0.05, 0) is 68.5 Å². The third-order valence-electron chi connectivity index (χ3n) is 5.12. The number of likely N-dealkylation sites (tertiary alicyclic amines) is 1. The van der Waals surface area contributed by atoms with Gasteiger partial charge < -0.3 is 20.3 Å². The molecule has 1 aromatic carbocycles. The second-order valence-corrected chi connectivity index (χ2v) is 6.99. The second-order valence-electron chi connectivity index (χ2n) is 6.99. The first-order valence-corrected chi connectivity index (χ1v) is 9.46. The number of fused-ring (bicyclic) bond motifs is 1. The molecule has 2 aliphatic rings. The first kappa shape index (κ1) is 18.9. The van der Waals surface area contributed by atoms with Gasteiger partial charge in [-0.25, -0.2) is 4.79 Å². The van der Waals surface area contributed by atoms with Gasteiger partial charge in [0.15, 0.2) is 0 Å². The molecule has 0 aromatic heterocycles. The minimum absolute atomic E-state index is 0.0886. The number of benzene rings is 1. The highest BCUT2D eigenvalue weighted by Crippen LogP contribution is 2.32. The van der Waals surface area contributed by atoms with Crippen molar-refractivity contribution in [3.63, 3.8) is 0 Å². The lowest BCUT2D eigenvalue weighted by atomic mass is 9.87. The van der Waals surface area contributed by atoms with Crippen molar-refractivity contribution in [3.05, 3.63) is 29.3 Å². The van der Waals surface area contributed by atoms with Crippen LogP contribution in [0, 0.1) is 0 Å². The van der Waals surface area contributed by atoms with Crippen LogP contribution in [0.4, 0.5) is 13.6 Å². The second kappa shape index (κ2) is 9.16. The molecular weight excluding hydrogens is 340 g/mol. The van der Waals surface area contributed by atoms with E-state index in [1.165, 1.54) is 19.3 Å². The maximum atomic E-state index is 12.4. The fraction of sp³-hybridized carbons (Fsp3) is 0.632. The molecule has 2 N–H and O–H groups in total. The average Bonchev–Trinajstić information content (AvgIpc) is 2.62. The summed E-state index contributed by atoms with van der Waals surface area (Å²) in [6.07, 6.45) is 6.34. The van der Waals surface area contributed by atoms with E-state index in [1.54, 1.807) is 18.2 Å². The Balaban J connectivity index is 1.49. The minimum Gasteiger partial charge on any atom is -0.435 e. The van der Waals surface area contributed by atoms with Crippen molar-refractivity contribution in [1.82, 2.24) is 15.5 Å². The number of hydrogen-bond acceptors (Lipinski definition) is 3. The van der Waals surface area contributed by atoms with E-state index in [4.69, 9.17) is 0 Å². The first-order chi connectivity index (χ1) is 12.6. The SMILES string of the molecule is O=C(NCCN1CCCCC1)NC1CCCc2cc(OC(F)F)ccc21. The van der Waals surface area contributed by atoms with Gasteiger partial charge in [0.05, 0.1) is 6.04 Å². The molecule has 1 unspecified atom stereocenters. The number of aryl methyl sites for hydroxylation is 1. The Bertz CT molecular complexity index is 606. The summed E-state index contributed by atoms with van der Waals surface area (Å²) in [4.78, 5) is 14.6. The zero-order chi connectivity index (χ0) is 18.4. The van der Waals surface area contributed by atoms with Gasteiger partial charge in [-0.15, -0.1) is 0 Å². The van der Waals surface area contributed by atoms with Gasteiger partial charge in [0.1, 0.15) is 5.75 Å². The van der Waals surface area contributed by atoms with Crippen molar-refractivity contribution in [2.75, 3.05) is 26.2 Å². The molecule has 1 aromatic rings. The predicted octanol–water partition coefficient (Wildman–Crippen LogP) is 3.45. The standard InChI is InChI=1S/C19H27F2N3O2/c20-18(21)26-15-7-8-16-14(13-15)5-4-6-17(16)23-19(25)22-9-12-24-10-2-1-3-11-24/h7-8,13,17-18H,1-6,9-12H2,(H2,22,23,25). The fourth-order valence-electron chi connectivity index (χ4n) is 3.84. The summed E-state index contributed by atoms with van der Waals surface area (Å²) in [5, 5.41) is 5.95. The largest absolute Gasteiger partial charge is 0.435 e. The summed E-state index contributed by atoms with van der Waals surface area (Å²) in [6.45, 7) is 0.913. The molecule has 7 heteroatoms. The first-order valence-electron chi connectivity index (χ1n) is 9.46. The fourth-order valence-corrected chi connectivity index (χ4v) is 3.84. The summed E-state index contributed by atoms with van der Waals surface area (Å²) in [5.74, 6) is 0.172. The quantitative estimate of drug-likeness (QED) is 0.810. The number of hydrogen-bond donors (Lipinski definition) is 2. The Labute approximate surface area is 153 Å². The summed E-state index contributed by atoms with van der Waals surface area (Å²) >= 11 is 0. The molecule has 5 nitrogen and oxygen atoms in total. The van der Waals surface area contributed by atoms with Crippen LogP contribution < -0.4 is 15.4 Å². The molecule has 0 bridgehead atoms. The van der Waals surface area contributed by atoms with Crippen molar-refractivity contribution in [1.29, 1.82) is 0 Å². The Morgan fingerprint density at radius 3 is 2.81 bits per heavy atom. The Hall–Kier alpha value is -1.89. The van der Waals surface area contributed by atoms with Crippen molar-refractivity contribution >= 4 is 6.03 Å². The zero-order valence-corrected chi connectivity index (χ0v) is 15.0. The lowest BCUT2D eigenvalue weighted by Gasteiger charge is -2.28. The van der Waals surface area contributed by atoms with Gasteiger partial charge >= 0.3 is 12.6 Å². The van der Waals surface area contributed by atoms with Gasteiger partial charge in [0, 0.05) is 13.1 Å². The number of ether oxygens (including phenoxy) is 1. The summed E-state index contributed by atoms with van der Waals surface area (Å²) in [6, 6.07) is 4.72. The lowest BCUT2D eigenvalue weighted by Crippen LogP contribution is -2.43. The van der Waals surface area contributed by atoms with Gasteiger partial charge in [-0.1, -0.05) is 12.5 Å². The molecule has 1 saturated heterocycles. The Morgan fingerprint density at radius 2 is 2.04 bits per heavy atom. The van der Waals surface area contributed by atoms with E-state index in [9.17, 15) is 13.6 Å². The van der Waals surface area contributed by atoms with Crippen LogP contribution in [0.5, 0.6) is 5.75 Å². The highest BCUT2D eigenvalue weighted by molar-refractivity contribution is 5.74. The lowest BCUT2D eigenvalue weighted by molar-refractivity contribution is -0.0499. The number of halogens is 2. The number of carbonyl (C=O) groups is 1. The number of piperidine rings is 1. The van der Waals surface area contributed by atoms with E-state index in [1.807, 2.05) is 0 Å². The maximum Gasteiger partial charge on any atom is 0.387 e. The van der Waals surface area contributed by atoms with E-state index in [2.05, 4.69) is 20.3 Å². The molecule has 0 radical (unpaired) electrons. The third-order valence-corrected chi connectivity index (χ3v) is 5.12. The smallest absolute Gasteiger partial charge is 0.387 e. The molecule has 1 aliphatic heterocycles. The normalized spacial score (nSPS) is 20.5. The minimum atomic E-state index is -2.82. The third kappa shape index (κ3) is 5.30. The number of nitrogens with zero attached hydrogens (tertiary/aromatic N) is 1. The highest BCUT2D eigenvalue weighted by atomic mass is 19.3. The van der Waals surface area contributed by atoms with E-state index >= 15 is 0 Å². The van der Waals surface area contributed by atoms with Crippen LogP contribution in [-0.2, 0) is 6.42 Å². The van der Waals surface area contributed by atoms with Crippen LogP contribution in [0.1, 0.15) is 49.3 Å². The summed E-state index contributed by atoms with van der Waals surface area (Å²) in [7, 11) is 0. The van der Waals surface area contributed by atoms with Gasteiger partial charge in [-0.2, -0.15) is 8.78 Å². The zero-order valence-electron chi connectivity index (χ0n) is 15.0. The van der Waals surface area contributed by atoms with Crippen molar-refractivity contribution < 1.29 is 18.3 Å². The molecule has 0 saturated carbocycles. The van der Waals surface area contributed by atoms with Crippen molar-refractivity contribution in [2.45, 2.75) is 51.2 Å². The molecule has 0 spiro atoms. The number of alkyl halides is 2. The monoisotopic (exact) mass is 367 g/mol. The van der Waals surface area contributed by atoms with Gasteiger partial charge in [-0.3, -0.25) is 0 Å². The molecule has 3 rings (SSSR count). The molecule has 1 heterocycles. The molecular formula is C19H27F2N3O2. The Morgan fingerprint density at radius 1 is 1.23 bits per heavy atom. The maximum absolute atomic E-state index is 12.4. The molecule has 144 valence electrons. The summed E-state index contributed by atoms with van der Waals surface area (Å²) < 4.78 is 29.2. The number of nitrogens with one attached hydrogen (secondary N) is 2. The van der Waals surface area contributed by atoms with Crippen LogP contribution in [0.25, 0.3) is 0 Å². The van der Waals surface area contributed by atoms with E-state index < -0.39 is 6.61 Å². The van der Waals surface area contributed by atoms with Gasteiger partial charge in [0.2, 0.25) is 0 Å². The van der Waals surface area contributed by atoms with E-state index in [0.717, 1.165) is 50.0 Å². The molecule has 1 fully saturated rings. The van der Waals surface area contributed by atoms with Crippen LogP contribution in [0.2, 0.25) is 0 Å². The molecule has 1 aliphatic carbocycles. The van der Waals surface area contributed by atoms with E-state index in [-0.39, 0.29) is 17.8 Å². The van der Waals surface area contributed by atoms with Crippen LogP contribution >= 0.6 is 0 Å². The van der Waals surface area contributed by atoms with Gasteiger partial charge in [0.25, 0.3) is 0 Å². The molecule has 26 heavy (non-hydrogen) atoms. The molecule has 1 atom stereocenters. The average molecular weight is 367 g/mol. The number of amides is 2. The highest BCUT2D eigenvalue weighted by Gasteiger charge is 2.22. The van der Waals surface area contributed by atoms with Crippen LogP contribution in [-0.4, -0.2) is 43.7 Å². The van der Waals surface area contributed by atoms with Crippen molar-refractivity contribution in [2.24, 2.45) is 0 Å². The van der Waals surface area contributed by atoms with Crippen LogP contribution in [0.15, 0.2) is 18.2 Å². The predicted molar refractivity (Wildman–Crippen MR) is 95.6 cm³/mol. The number of rotatable bonds is 6. The number of urea groups is 1. The summed E-state index contributed by atoms with van der Waals surface area (Å²) in [5.41, 5.74) is 1.96. The van der Waals surface area contributed by atoms with Crippen LogP contribution in [0.3, 0.4) is 0 Å². The topological polar surface area (TPSA) is 53.6 Å².